The lowest BCUT2D eigenvalue weighted by molar-refractivity contribution is 0.0372. The second-order valence-corrected chi connectivity index (χ2v) is 5.82. The molecular formula is C14H24N2O. The molecule has 3 heteroatoms. The minimum Gasteiger partial charge on any atom is -0.391 e. The average molecular weight is 236 g/mol. The maximum Gasteiger partial charge on any atom is 0.0783 e. The van der Waals surface area contributed by atoms with Gasteiger partial charge in [0.15, 0.2) is 0 Å². The molecule has 1 fully saturated rings. The van der Waals surface area contributed by atoms with E-state index in [1.54, 1.807) is 0 Å². The predicted octanol–water partition coefficient (Wildman–Crippen LogP) is 2.86. The number of hydrogen-bond acceptors (Lipinski definition) is 2. The third-order valence-electron chi connectivity index (χ3n) is 4.12. The van der Waals surface area contributed by atoms with Crippen LogP contribution in [0.1, 0.15) is 50.5 Å². The topological polar surface area (TPSA) is 38.0 Å². The number of aryl methyl sites for hydroxylation is 2. The molecule has 2 rings (SSSR count). The first kappa shape index (κ1) is 12.6. The van der Waals surface area contributed by atoms with E-state index in [0.717, 1.165) is 30.7 Å². The summed E-state index contributed by atoms with van der Waals surface area (Å²) in [5.74, 6) is 1.41. The smallest absolute Gasteiger partial charge is 0.0783 e. The van der Waals surface area contributed by atoms with Crippen molar-refractivity contribution < 1.29 is 5.11 Å². The number of hydrogen-bond donors (Lipinski definition) is 1. The van der Waals surface area contributed by atoms with Crippen LogP contribution in [0.3, 0.4) is 0 Å². The maximum atomic E-state index is 10.2. The van der Waals surface area contributed by atoms with Crippen molar-refractivity contribution >= 4 is 0 Å². The fourth-order valence-corrected chi connectivity index (χ4v) is 3.01. The number of nitrogens with zero attached hydrogens (tertiary/aromatic N) is 2. The first-order valence-corrected chi connectivity index (χ1v) is 6.70. The molecule has 1 aliphatic rings. The van der Waals surface area contributed by atoms with Crippen molar-refractivity contribution in [2.24, 2.45) is 11.8 Å². The molecule has 0 aromatic carbocycles. The molecule has 96 valence electrons. The predicted molar refractivity (Wildman–Crippen MR) is 68.9 cm³/mol. The zero-order chi connectivity index (χ0) is 12.6. The van der Waals surface area contributed by atoms with Gasteiger partial charge in [-0.2, -0.15) is 5.10 Å². The third-order valence-corrected chi connectivity index (χ3v) is 4.12. The summed E-state index contributed by atoms with van der Waals surface area (Å²) in [6.45, 7) is 8.64. The van der Waals surface area contributed by atoms with E-state index in [1.165, 1.54) is 0 Å². The molecule has 1 heterocycles. The zero-order valence-electron chi connectivity index (χ0n) is 11.3. The van der Waals surface area contributed by atoms with Gasteiger partial charge in [-0.1, -0.05) is 13.8 Å². The van der Waals surface area contributed by atoms with Crippen LogP contribution in [-0.4, -0.2) is 21.0 Å². The van der Waals surface area contributed by atoms with Crippen LogP contribution in [0.25, 0.3) is 0 Å². The zero-order valence-corrected chi connectivity index (χ0v) is 11.3. The van der Waals surface area contributed by atoms with Crippen LogP contribution >= 0.6 is 0 Å². The molecule has 3 atom stereocenters. The fraction of sp³-hybridized carbons (Fsp3) is 0.786. The van der Waals surface area contributed by atoms with Gasteiger partial charge in [0.2, 0.25) is 0 Å². The molecule has 3 unspecified atom stereocenters. The van der Waals surface area contributed by atoms with Crippen LogP contribution in [0.4, 0.5) is 0 Å². The molecule has 0 bridgehead atoms. The fourth-order valence-electron chi connectivity index (χ4n) is 3.01. The molecule has 0 radical (unpaired) electrons. The summed E-state index contributed by atoms with van der Waals surface area (Å²) in [5, 5.41) is 14.7. The number of aromatic nitrogens is 2. The second kappa shape index (κ2) is 4.81. The van der Waals surface area contributed by atoms with Crippen LogP contribution in [-0.2, 0) is 0 Å². The molecule has 0 amide bonds. The van der Waals surface area contributed by atoms with Gasteiger partial charge in [0, 0.05) is 5.69 Å². The number of aliphatic hydroxyl groups excluding tert-OH is 1. The normalized spacial score (nSPS) is 29.9. The van der Waals surface area contributed by atoms with Gasteiger partial charge >= 0.3 is 0 Å². The Morgan fingerprint density at radius 2 is 2.06 bits per heavy atom. The van der Waals surface area contributed by atoms with Crippen LogP contribution < -0.4 is 0 Å². The van der Waals surface area contributed by atoms with E-state index in [-0.39, 0.29) is 12.1 Å². The second-order valence-electron chi connectivity index (χ2n) is 5.82. The Morgan fingerprint density at radius 3 is 2.59 bits per heavy atom. The van der Waals surface area contributed by atoms with Crippen molar-refractivity contribution in [3.63, 3.8) is 0 Å². The lowest BCUT2D eigenvalue weighted by Crippen LogP contribution is -2.34. The molecular weight excluding hydrogens is 212 g/mol. The molecule has 17 heavy (non-hydrogen) atoms. The Hall–Kier alpha value is -0.830. The summed E-state index contributed by atoms with van der Waals surface area (Å²) in [7, 11) is 0. The Morgan fingerprint density at radius 1 is 1.35 bits per heavy atom. The third kappa shape index (κ3) is 2.54. The Balaban J connectivity index is 2.20. The van der Waals surface area contributed by atoms with Crippen molar-refractivity contribution in [1.29, 1.82) is 0 Å². The van der Waals surface area contributed by atoms with Gasteiger partial charge < -0.3 is 5.11 Å². The molecule has 0 aliphatic heterocycles. The Labute approximate surface area is 104 Å². The first-order valence-electron chi connectivity index (χ1n) is 6.70. The van der Waals surface area contributed by atoms with E-state index in [4.69, 9.17) is 0 Å². The summed E-state index contributed by atoms with van der Waals surface area (Å²) < 4.78 is 2.04. The highest BCUT2D eigenvalue weighted by Crippen LogP contribution is 2.36. The van der Waals surface area contributed by atoms with Crippen molar-refractivity contribution in [2.75, 3.05) is 0 Å². The number of aliphatic hydroxyl groups is 1. The van der Waals surface area contributed by atoms with Crippen LogP contribution in [0.2, 0.25) is 0 Å². The minimum absolute atomic E-state index is 0.171. The van der Waals surface area contributed by atoms with Gasteiger partial charge in [0.25, 0.3) is 0 Å². The molecule has 0 spiro atoms. The van der Waals surface area contributed by atoms with Gasteiger partial charge in [0.1, 0.15) is 0 Å². The largest absolute Gasteiger partial charge is 0.391 e. The van der Waals surface area contributed by atoms with E-state index >= 15 is 0 Å². The summed E-state index contributed by atoms with van der Waals surface area (Å²) in [5.41, 5.74) is 2.21. The Kier molecular flexibility index (Phi) is 3.57. The lowest BCUT2D eigenvalue weighted by Gasteiger charge is -2.35. The van der Waals surface area contributed by atoms with Crippen molar-refractivity contribution in [3.8, 4) is 0 Å². The van der Waals surface area contributed by atoms with Crippen molar-refractivity contribution in [1.82, 2.24) is 9.78 Å². The lowest BCUT2D eigenvalue weighted by atomic mass is 9.78. The minimum atomic E-state index is -0.233. The molecule has 1 aromatic rings. The summed E-state index contributed by atoms with van der Waals surface area (Å²) in [6.07, 6.45) is 2.88. The molecule has 1 saturated carbocycles. The summed E-state index contributed by atoms with van der Waals surface area (Å²) >= 11 is 0. The first-order chi connectivity index (χ1) is 7.99. The van der Waals surface area contributed by atoms with Gasteiger partial charge in [-0.25, -0.2) is 0 Å². The highest BCUT2D eigenvalue weighted by molar-refractivity contribution is 5.08. The molecule has 1 aromatic heterocycles. The SMILES string of the molecule is Cc1cc(C)n(C2CC(C(C)C)CCC2O)n1. The van der Waals surface area contributed by atoms with Crippen LogP contribution in [0, 0.1) is 25.7 Å². The van der Waals surface area contributed by atoms with E-state index in [1.807, 2.05) is 11.6 Å². The molecule has 0 saturated heterocycles. The van der Waals surface area contributed by atoms with E-state index in [0.29, 0.717) is 11.8 Å². The van der Waals surface area contributed by atoms with Gasteiger partial charge in [-0.3, -0.25) is 4.68 Å². The Bertz CT molecular complexity index is 384. The van der Waals surface area contributed by atoms with Gasteiger partial charge in [0.05, 0.1) is 17.8 Å². The average Bonchev–Trinajstić information content (AvgIpc) is 2.58. The van der Waals surface area contributed by atoms with E-state index < -0.39 is 0 Å². The summed E-state index contributed by atoms with van der Waals surface area (Å²) in [4.78, 5) is 0. The quantitative estimate of drug-likeness (QED) is 0.857. The summed E-state index contributed by atoms with van der Waals surface area (Å²) in [6, 6.07) is 2.26. The van der Waals surface area contributed by atoms with Crippen LogP contribution in [0.5, 0.6) is 0 Å². The number of rotatable bonds is 2. The van der Waals surface area contributed by atoms with E-state index in [2.05, 4.69) is 31.9 Å². The van der Waals surface area contributed by atoms with Gasteiger partial charge in [-0.05, 0) is 51.0 Å². The highest BCUT2D eigenvalue weighted by atomic mass is 16.3. The monoisotopic (exact) mass is 236 g/mol. The molecule has 1 N–H and O–H groups in total. The standard InChI is InChI=1S/C14H24N2O/c1-9(2)12-5-6-14(17)13(8-12)16-11(4)7-10(3)15-16/h7,9,12-14,17H,5-6,8H2,1-4H3. The molecule has 1 aliphatic carbocycles. The van der Waals surface area contributed by atoms with Crippen LogP contribution in [0.15, 0.2) is 6.07 Å². The van der Waals surface area contributed by atoms with Crippen molar-refractivity contribution in [3.05, 3.63) is 17.5 Å². The maximum absolute atomic E-state index is 10.2. The van der Waals surface area contributed by atoms with Gasteiger partial charge in [-0.15, -0.1) is 0 Å². The van der Waals surface area contributed by atoms with Crippen molar-refractivity contribution in [2.45, 2.75) is 59.1 Å². The molecule has 3 nitrogen and oxygen atoms in total. The highest BCUT2D eigenvalue weighted by Gasteiger charge is 2.32. The van der Waals surface area contributed by atoms with E-state index in [9.17, 15) is 5.11 Å².